The second-order valence-electron chi connectivity index (χ2n) is 3.90. The largest absolute Gasteiger partial charge is 0.284 e. The first-order valence-electron chi connectivity index (χ1n) is 5.79. The summed E-state index contributed by atoms with van der Waals surface area (Å²) in [7, 11) is 0. The Bertz CT molecular complexity index is 581. The molecule has 1 aromatic heterocycles. The maximum atomic E-state index is 14.0. The van der Waals surface area contributed by atoms with Crippen molar-refractivity contribution in [1.29, 1.82) is 0 Å². The maximum absolute atomic E-state index is 14.0. The molecule has 0 atom stereocenters. The van der Waals surface area contributed by atoms with Crippen molar-refractivity contribution < 1.29 is 4.39 Å². The molecule has 0 aliphatic rings. The number of aromatic nitrogens is 2. The molecule has 2 rings (SSSR count). The third-order valence-corrected chi connectivity index (χ3v) is 3.64. The van der Waals surface area contributed by atoms with Crippen LogP contribution >= 0.6 is 27.5 Å². The van der Waals surface area contributed by atoms with Crippen molar-refractivity contribution in [2.24, 2.45) is 0 Å². The molecule has 0 radical (unpaired) electrons. The van der Waals surface area contributed by atoms with E-state index in [4.69, 9.17) is 11.6 Å². The van der Waals surface area contributed by atoms with E-state index in [0.29, 0.717) is 21.7 Å². The van der Waals surface area contributed by atoms with Crippen LogP contribution in [0.1, 0.15) is 25.4 Å². The molecule has 96 valence electrons. The number of benzene rings is 1. The van der Waals surface area contributed by atoms with Gasteiger partial charge in [0.1, 0.15) is 16.8 Å². The van der Waals surface area contributed by atoms with E-state index < -0.39 is 0 Å². The lowest BCUT2D eigenvalue weighted by molar-refractivity contribution is 0.614. The Kier molecular flexibility index (Phi) is 4.07. The number of aryl methyl sites for hydroxylation is 2. The van der Waals surface area contributed by atoms with Crippen LogP contribution in [-0.4, -0.2) is 9.55 Å². The van der Waals surface area contributed by atoms with Crippen molar-refractivity contribution in [1.82, 2.24) is 9.55 Å². The van der Waals surface area contributed by atoms with Gasteiger partial charge < -0.3 is 0 Å². The topological polar surface area (TPSA) is 17.8 Å². The number of hydrogen-bond acceptors (Lipinski definition) is 1. The van der Waals surface area contributed by atoms with Crippen LogP contribution in [-0.2, 0) is 12.8 Å². The molecular weight excluding hydrogens is 319 g/mol. The molecule has 0 unspecified atom stereocenters. The average Bonchev–Trinajstić information content (AvgIpc) is 2.66. The van der Waals surface area contributed by atoms with Gasteiger partial charge in [0.15, 0.2) is 0 Å². The van der Waals surface area contributed by atoms with E-state index >= 15 is 0 Å². The maximum Gasteiger partial charge on any atom is 0.148 e. The standard InChI is InChI=1S/C13H13BrClFN2/c1-3-10-13(15)18(12(4-2)17-10)11-6-5-8(14)7-9(11)16/h5-7H,3-4H2,1-2H3. The summed E-state index contributed by atoms with van der Waals surface area (Å²) in [5.74, 6) is 0.458. The van der Waals surface area contributed by atoms with Crippen molar-refractivity contribution in [3.05, 3.63) is 45.2 Å². The van der Waals surface area contributed by atoms with Crippen molar-refractivity contribution in [2.45, 2.75) is 26.7 Å². The predicted octanol–water partition coefficient (Wildman–Crippen LogP) is 4.55. The average molecular weight is 332 g/mol. The van der Waals surface area contributed by atoms with Crippen LogP contribution < -0.4 is 0 Å². The molecule has 18 heavy (non-hydrogen) atoms. The second kappa shape index (κ2) is 5.41. The quantitative estimate of drug-likeness (QED) is 0.806. The van der Waals surface area contributed by atoms with E-state index in [9.17, 15) is 4.39 Å². The van der Waals surface area contributed by atoms with E-state index in [2.05, 4.69) is 20.9 Å². The number of hydrogen-bond donors (Lipinski definition) is 0. The number of nitrogens with zero attached hydrogens (tertiary/aromatic N) is 2. The molecule has 0 aliphatic carbocycles. The van der Waals surface area contributed by atoms with Gasteiger partial charge in [0.2, 0.25) is 0 Å². The summed E-state index contributed by atoms with van der Waals surface area (Å²) < 4.78 is 16.4. The minimum Gasteiger partial charge on any atom is -0.284 e. The highest BCUT2D eigenvalue weighted by molar-refractivity contribution is 9.10. The van der Waals surface area contributed by atoms with Gasteiger partial charge in [0, 0.05) is 10.9 Å². The zero-order valence-electron chi connectivity index (χ0n) is 10.2. The molecule has 5 heteroatoms. The summed E-state index contributed by atoms with van der Waals surface area (Å²) in [5.41, 5.74) is 1.24. The summed E-state index contributed by atoms with van der Waals surface area (Å²) >= 11 is 9.52. The highest BCUT2D eigenvalue weighted by Gasteiger charge is 2.17. The minimum absolute atomic E-state index is 0.318. The normalized spacial score (nSPS) is 10.9. The molecule has 2 nitrogen and oxygen atoms in total. The van der Waals surface area contributed by atoms with Gasteiger partial charge in [-0.25, -0.2) is 9.37 Å². The third-order valence-electron chi connectivity index (χ3n) is 2.76. The fraction of sp³-hybridized carbons (Fsp3) is 0.308. The zero-order valence-corrected chi connectivity index (χ0v) is 12.5. The number of rotatable bonds is 3. The van der Waals surface area contributed by atoms with Crippen LogP contribution in [0.2, 0.25) is 5.15 Å². The molecular formula is C13H13BrClFN2. The highest BCUT2D eigenvalue weighted by Crippen LogP contribution is 2.27. The van der Waals surface area contributed by atoms with E-state index in [1.54, 1.807) is 16.7 Å². The molecule has 0 bridgehead atoms. The molecule has 0 saturated carbocycles. The van der Waals surface area contributed by atoms with E-state index in [1.807, 2.05) is 13.8 Å². The SMILES string of the molecule is CCc1nc(CC)n(-c2ccc(Br)cc2F)c1Cl. The van der Waals surface area contributed by atoms with E-state index in [-0.39, 0.29) is 5.82 Å². The van der Waals surface area contributed by atoms with Gasteiger partial charge in [-0.05, 0) is 24.6 Å². The summed E-state index contributed by atoms with van der Waals surface area (Å²) in [6.07, 6.45) is 1.44. The van der Waals surface area contributed by atoms with Gasteiger partial charge in [-0.1, -0.05) is 41.4 Å². The monoisotopic (exact) mass is 330 g/mol. The van der Waals surface area contributed by atoms with Gasteiger partial charge in [0.05, 0.1) is 11.4 Å². The summed E-state index contributed by atoms with van der Waals surface area (Å²) in [5, 5.41) is 0.496. The van der Waals surface area contributed by atoms with Gasteiger partial charge >= 0.3 is 0 Å². The van der Waals surface area contributed by atoms with Crippen molar-refractivity contribution in [2.75, 3.05) is 0 Å². The first kappa shape index (κ1) is 13.6. The molecule has 0 saturated heterocycles. The van der Waals surface area contributed by atoms with Crippen LogP contribution in [0.15, 0.2) is 22.7 Å². The summed E-state index contributed by atoms with van der Waals surface area (Å²) in [6, 6.07) is 4.92. The minimum atomic E-state index is -0.318. The predicted molar refractivity (Wildman–Crippen MR) is 75.0 cm³/mol. The Morgan fingerprint density at radius 2 is 2.06 bits per heavy atom. The van der Waals surface area contributed by atoms with Crippen LogP contribution in [0, 0.1) is 5.82 Å². The molecule has 0 amide bonds. The van der Waals surface area contributed by atoms with E-state index in [1.165, 1.54) is 6.07 Å². The second-order valence-corrected chi connectivity index (χ2v) is 5.18. The first-order valence-corrected chi connectivity index (χ1v) is 6.97. The summed E-state index contributed by atoms with van der Waals surface area (Å²) in [4.78, 5) is 4.44. The van der Waals surface area contributed by atoms with E-state index in [0.717, 1.165) is 17.9 Å². The fourth-order valence-electron chi connectivity index (χ4n) is 1.86. The smallest absolute Gasteiger partial charge is 0.148 e. The van der Waals surface area contributed by atoms with Crippen LogP contribution in [0.5, 0.6) is 0 Å². The Morgan fingerprint density at radius 3 is 2.61 bits per heavy atom. The van der Waals surface area contributed by atoms with Crippen molar-refractivity contribution >= 4 is 27.5 Å². The molecule has 1 aromatic carbocycles. The molecule has 1 heterocycles. The lowest BCUT2D eigenvalue weighted by Gasteiger charge is -2.09. The lowest BCUT2D eigenvalue weighted by atomic mass is 10.3. The third kappa shape index (κ3) is 2.31. The lowest BCUT2D eigenvalue weighted by Crippen LogP contribution is -2.02. The zero-order chi connectivity index (χ0) is 13.3. The van der Waals surface area contributed by atoms with Gasteiger partial charge in [-0.2, -0.15) is 0 Å². The highest BCUT2D eigenvalue weighted by atomic mass is 79.9. The molecule has 0 aliphatic heterocycles. The molecule has 2 aromatic rings. The fourth-order valence-corrected chi connectivity index (χ4v) is 2.56. The van der Waals surface area contributed by atoms with Gasteiger partial charge in [-0.15, -0.1) is 0 Å². The van der Waals surface area contributed by atoms with Crippen LogP contribution in [0.25, 0.3) is 5.69 Å². The van der Waals surface area contributed by atoms with Crippen molar-refractivity contribution in [3.63, 3.8) is 0 Å². The summed E-state index contributed by atoms with van der Waals surface area (Å²) in [6.45, 7) is 3.96. The van der Waals surface area contributed by atoms with Gasteiger partial charge in [0.25, 0.3) is 0 Å². The van der Waals surface area contributed by atoms with Gasteiger partial charge in [-0.3, -0.25) is 4.57 Å². The first-order chi connectivity index (χ1) is 8.58. The molecule has 0 spiro atoms. The Morgan fingerprint density at radius 1 is 1.33 bits per heavy atom. The Hall–Kier alpha value is -0.870. The number of imidazole rings is 1. The Labute approximate surface area is 119 Å². The molecule has 0 fully saturated rings. The number of halogens is 3. The van der Waals surface area contributed by atoms with Crippen LogP contribution in [0.4, 0.5) is 4.39 Å². The molecule has 0 N–H and O–H groups in total. The van der Waals surface area contributed by atoms with Crippen LogP contribution in [0.3, 0.4) is 0 Å². The Balaban J connectivity index is 2.66. The van der Waals surface area contributed by atoms with Crippen molar-refractivity contribution in [3.8, 4) is 5.69 Å².